The predicted molar refractivity (Wildman–Crippen MR) is 69.9 cm³/mol. The van der Waals surface area contributed by atoms with Crippen molar-refractivity contribution in [2.45, 2.75) is 11.1 Å². The summed E-state index contributed by atoms with van der Waals surface area (Å²) in [5.41, 5.74) is 0.936. The second-order valence-electron chi connectivity index (χ2n) is 3.49. The molecule has 1 heterocycles. The highest BCUT2D eigenvalue weighted by molar-refractivity contribution is 7.91. The van der Waals surface area contributed by atoms with Crippen molar-refractivity contribution in [3.05, 3.63) is 11.2 Å². The number of carbonyl (C=O) groups is 2. The van der Waals surface area contributed by atoms with E-state index in [1.54, 1.807) is 6.92 Å². The maximum Gasteiger partial charge on any atom is 0.358 e. The first kappa shape index (κ1) is 16.5. The van der Waals surface area contributed by atoms with E-state index in [0.717, 1.165) is 29.9 Å². The maximum atomic E-state index is 12.4. The lowest BCUT2D eigenvalue weighted by Gasteiger charge is -2.18. The molecule has 0 amide bonds. The molecule has 0 saturated heterocycles. The molecule has 0 N–H and O–H groups in total. The lowest BCUT2D eigenvalue weighted by Crippen LogP contribution is -2.36. The Hall–Kier alpha value is -1.52. The molecule has 1 rings (SSSR count). The molecule has 10 heteroatoms. The predicted octanol–water partition coefficient (Wildman–Crippen LogP) is 0.113. The van der Waals surface area contributed by atoms with Crippen LogP contribution in [0.15, 0.2) is 9.72 Å². The summed E-state index contributed by atoms with van der Waals surface area (Å²) >= 11 is 0.785. The molecule has 0 unspecified atom stereocenters. The maximum absolute atomic E-state index is 12.4. The van der Waals surface area contributed by atoms with Crippen LogP contribution in [0.1, 0.15) is 17.4 Å². The van der Waals surface area contributed by atoms with Crippen LogP contribution in [0.5, 0.6) is 0 Å². The average Bonchev–Trinajstić information content (AvgIpc) is 2.93. The summed E-state index contributed by atoms with van der Waals surface area (Å²) in [6.07, 6.45) is 0. The Labute approximate surface area is 120 Å². The van der Waals surface area contributed by atoms with Crippen molar-refractivity contribution in [2.24, 2.45) is 0 Å². The average molecular weight is 322 g/mol. The van der Waals surface area contributed by atoms with Gasteiger partial charge in [0.2, 0.25) is 0 Å². The fraction of sp³-hybridized carbons (Fsp3) is 0.500. The topological polar surface area (TPSA) is 103 Å². The number of likely N-dealkylation sites (N-methyl/N-ethyl adjacent to an activating group) is 1. The molecule has 0 saturated carbocycles. The lowest BCUT2D eigenvalue weighted by molar-refractivity contribution is -0.140. The minimum Gasteiger partial charge on any atom is -0.468 e. The second-order valence-corrected chi connectivity index (χ2v) is 6.48. The molecule has 0 atom stereocenters. The fourth-order valence-electron chi connectivity index (χ4n) is 1.34. The molecule has 0 fully saturated rings. The van der Waals surface area contributed by atoms with E-state index < -0.39 is 28.5 Å². The fourth-order valence-corrected chi connectivity index (χ4v) is 4.01. The van der Waals surface area contributed by atoms with Crippen LogP contribution in [0.3, 0.4) is 0 Å². The number of nitrogens with zero attached hydrogens (tertiary/aromatic N) is 2. The number of hydrogen-bond donors (Lipinski definition) is 0. The van der Waals surface area contributed by atoms with E-state index in [0.29, 0.717) is 0 Å². The third kappa shape index (κ3) is 3.32. The van der Waals surface area contributed by atoms with Crippen molar-refractivity contribution in [3.63, 3.8) is 0 Å². The van der Waals surface area contributed by atoms with Gasteiger partial charge in [-0.3, -0.25) is 4.79 Å². The number of thiazole rings is 1. The minimum atomic E-state index is -4.01. The molecule has 8 nitrogen and oxygen atoms in total. The molecule has 0 spiro atoms. The Morgan fingerprint density at radius 3 is 2.50 bits per heavy atom. The quantitative estimate of drug-likeness (QED) is 0.685. The van der Waals surface area contributed by atoms with E-state index in [1.807, 2.05) is 0 Å². The lowest BCUT2D eigenvalue weighted by atomic mass is 10.5. The van der Waals surface area contributed by atoms with Crippen LogP contribution in [0.4, 0.5) is 0 Å². The molecule has 0 aliphatic heterocycles. The van der Waals surface area contributed by atoms with Gasteiger partial charge in [0, 0.05) is 6.54 Å². The van der Waals surface area contributed by atoms with E-state index in [-0.39, 0.29) is 16.4 Å². The number of methoxy groups -OCH3 is 2. The van der Waals surface area contributed by atoms with Crippen LogP contribution in [0.2, 0.25) is 0 Å². The van der Waals surface area contributed by atoms with E-state index in [2.05, 4.69) is 14.5 Å². The summed E-state index contributed by atoms with van der Waals surface area (Å²) in [6, 6.07) is 0. The van der Waals surface area contributed by atoms with Crippen molar-refractivity contribution in [3.8, 4) is 0 Å². The Balaban J connectivity index is 3.18. The number of ether oxygens (including phenoxy) is 2. The highest BCUT2D eigenvalue weighted by Gasteiger charge is 2.32. The summed E-state index contributed by atoms with van der Waals surface area (Å²) in [4.78, 5) is 26.4. The Morgan fingerprint density at radius 2 is 2.00 bits per heavy atom. The van der Waals surface area contributed by atoms with Gasteiger partial charge in [-0.1, -0.05) is 6.92 Å². The van der Waals surface area contributed by atoms with Crippen LogP contribution in [0, 0.1) is 0 Å². The standard InChI is InChI=1S/C10H14N2O6S2/c1-4-12(5-7(13)17-2)20(15,16)10-8(9(14)18-3)11-6-19-10/h6H,4-5H2,1-3H3. The Bertz CT molecular complexity index is 595. The first-order valence-electron chi connectivity index (χ1n) is 5.47. The summed E-state index contributed by atoms with van der Waals surface area (Å²) in [5.74, 6) is -1.54. The van der Waals surface area contributed by atoms with Crippen molar-refractivity contribution >= 4 is 33.3 Å². The van der Waals surface area contributed by atoms with Crippen molar-refractivity contribution in [1.82, 2.24) is 9.29 Å². The smallest absolute Gasteiger partial charge is 0.358 e. The highest BCUT2D eigenvalue weighted by atomic mass is 32.2. The van der Waals surface area contributed by atoms with Gasteiger partial charge in [-0.15, -0.1) is 11.3 Å². The van der Waals surface area contributed by atoms with Gasteiger partial charge in [-0.2, -0.15) is 4.31 Å². The zero-order chi connectivity index (χ0) is 15.3. The molecule has 0 bridgehead atoms. The first-order valence-corrected chi connectivity index (χ1v) is 7.79. The van der Waals surface area contributed by atoms with Gasteiger partial charge in [0.1, 0.15) is 6.54 Å². The summed E-state index contributed by atoms with van der Waals surface area (Å²) < 4.78 is 34.4. The van der Waals surface area contributed by atoms with Gasteiger partial charge in [-0.25, -0.2) is 18.2 Å². The van der Waals surface area contributed by atoms with Gasteiger partial charge in [0.25, 0.3) is 10.0 Å². The molecule has 0 aromatic carbocycles. The van der Waals surface area contributed by atoms with E-state index >= 15 is 0 Å². The number of rotatable bonds is 6. The number of hydrogen-bond acceptors (Lipinski definition) is 8. The van der Waals surface area contributed by atoms with Crippen molar-refractivity contribution in [2.75, 3.05) is 27.3 Å². The van der Waals surface area contributed by atoms with E-state index in [4.69, 9.17) is 0 Å². The van der Waals surface area contributed by atoms with Crippen molar-refractivity contribution < 1.29 is 27.5 Å². The monoisotopic (exact) mass is 322 g/mol. The van der Waals surface area contributed by atoms with Crippen LogP contribution in [0.25, 0.3) is 0 Å². The molecule has 112 valence electrons. The van der Waals surface area contributed by atoms with Crippen LogP contribution in [-0.4, -0.2) is 57.0 Å². The molecule has 1 aromatic heterocycles. The Kier molecular flexibility index (Phi) is 5.60. The Morgan fingerprint density at radius 1 is 1.35 bits per heavy atom. The SMILES string of the molecule is CCN(CC(=O)OC)S(=O)(=O)c1scnc1C(=O)OC. The van der Waals surface area contributed by atoms with Gasteiger partial charge >= 0.3 is 11.9 Å². The summed E-state index contributed by atoms with van der Waals surface area (Å²) in [6.45, 7) is 1.18. The van der Waals surface area contributed by atoms with E-state index in [1.165, 1.54) is 5.51 Å². The van der Waals surface area contributed by atoms with Gasteiger partial charge < -0.3 is 9.47 Å². The van der Waals surface area contributed by atoms with Crippen molar-refractivity contribution in [1.29, 1.82) is 0 Å². The van der Waals surface area contributed by atoms with E-state index in [9.17, 15) is 18.0 Å². The number of aromatic nitrogens is 1. The molecule has 0 aliphatic rings. The summed E-state index contributed by atoms with van der Waals surface area (Å²) in [7, 11) is -1.72. The van der Waals surface area contributed by atoms with Gasteiger partial charge in [0.05, 0.1) is 19.7 Å². The third-order valence-electron chi connectivity index (χ3n) is 2.37. The number of carbonyl (C=O) groups excluding carboxylic acids is 2. The van der Waals surface area contributed by atoms with Gasteiger partial charge in [-0.05, 0) is 0 Å². The van der Waals surface area contributed by atoms with Gasteiger partial charge in [0.15, 0.2) is 9.90 Å². The number of sulfonamides is 1. The first-order chi connectivity index (χ1) is 9.38. The molecular weight excluding hydrogens is 308 g/mol. The third-order valence-corrected chi connectivity index (χ3v) is 5.64. The zero-order valence-electron chi connectivity index (χ0n) is 11.2. The molecule has 0 aliphatic carbocycles. The minimum absolute atomic E-state index is 0.0515. The molecule has 1 aromatic rings. The molecule has 0 radical (unpaired) electrons. The summed E-state index contributed by atoms with van der Waals surface area (Å²) in [5, 5.41) is 0. The molecule has 20 heavy (non-hydrogen) atoms. The van der Waals surface area contributed by atoms with Crippen LogP contribution >= 0.6 is 11.3 Å². The zero-order valence-corrected chi connectivity index (χ0v) is 12.8. The number of esters is 2. The second kappa shape index (κ2) is 6.77. The highest BCUT2D eigenvalue weighted by Crippen LogP contribution is 2.24. The normalized spacial score (nSPS) is 11.4. The van der Waals surface area contributed by atoms with Crippen LogP contribution in [-0.2, 0) is 24.3 Å². The largest absolute Gasteiger partial charge is 0.468 e. The molecular formula is C10H14N2O6S2. The van der Waals surface area contributed by atoms with Crippen LogP contribution < -0.4 is 0 Å².